The average Bonchev–Trinajstić information content (AvgIpc) is 2.97. The molecule has 0 fully saturated rings. The normalized spacial score (nSPS) is 22.1. The van der Waals surface area contributed by atoms with E-state index in [-0.39, 0.29) is 0 Å². The van der Waals surface area contributed by atoms with Crippen LogP contribution in [0.5, 0.6) is 0 Å². The van der Waals surface area contributed by atoms with E-state index in [0.29, 0.717) is 0 Å². The van der Waals surface area contributed by atoms with Crippen LogP contribution in [0.15, 0.2) is 35.0 Å². The molecule has 0 radical (unpaired) electrons. The predicted octanol–water partition coefficient (Wildman–Crippen LogP) is 3.82. The topological polar surface area (TPSA) is 20.2 Å². The number of hydrogen-bond acceptors (Lipinski definition) is 2. The molecule has 1 atom stereocenters. The zero-order valence-corrected chi connectivity index (χ0v) is 11.5. The molecule has 0 spiro atoms. The number of aryl methyl sites for hydroxylation is 3. The highest BCUT2D eigenvalue weighted by Crippen LogP contribution is 2.40. The van der Waals surface area contributed by atoms with Crippen molar-refractivity contribution in [3.05, 3.63) is 57.3 Å². The van der Waals surface area contributed by atoms with E-state index in [1.165, 1.54) is 16.7 Å². The Morgan fingerprint density at radius 2 is 2.22 bits per heavy atom. The van der Waals surface area contributed by atoms with E-state index in [2.05, 4.69) is 41.9 Å². The molecule has 0 bridgehead atoms. The smallest absolute Gasteiger partial charge is 0.0905 e. The molecule has 1 aromatic carbocycles. The molecule has 3 rings (SSSR count). The Hall–Kier alpha value is -1.12. The lowest BCUT2D eigenvalue weighted by Crippen LogP contribution is -2.23. The third kappa shape index (κ3) is 2.11. The van der Waals surface area contributed by atoms with Crippen molar-refractivity contribution >= 4 is 11.3 Å². The van der Waals surface area contributed by atoms with Crippen LogP contribution in [0, 0.1) is 6.92 Å². The van der Waals surface area contributed by atoms with Gasteiger partial charge in [0.1, 0.15) is 0 Å². The van der Waals surface area contributed by atoms with Gasteiger partial charge in [-0.3, -0.25) is 0 Å². The van der Waals surface area contributed by atoms with E-state index in [1.54, 1.807) is 11.3 Å². The molecule has 1 heterocycles. The second kappa shape index (κ2) is 4.52. The van der Waals surface area contributed by atoms with Crippen LogP contribution >= 0.6 is 11.3 Å². The summed E-state index contributed by atoms with van der Waals surface area (Å²) in [5, 5.41) is 15.1. The Bertz CT molecular complexity index is 544. The third-order valence-corrected chi connectivity index (χ3v) is 4.71. The Kier molecular flexibility index (Phi) is 3.00. The summed E-state index contributed by atoms with van der Waals surface area (Å²) in [5.74, 6) is 0. The first kappa shape index (κ1) is 11.9. The highest BCUT2D eigenvalue weighted by atomic mass is 32.1. The van der Waals surface area contributed by atoms with Crippen molar-refractivity contribution in [1.29, 1.82) is 0 Å². The quantitative estimate of drug-likeness (QED) is 0.887. The van der Waals surface area contributed by atoms with Crippen molar-refractivity contribution in [3.63, 3.8) is 0 Å². The Morgan fingerprint density at radius 3 is 3.00 bits per heavy atom. The van der Waals surface area contributed by atoms with Gasteiger partial charge in [0.2, 0.25) is 0 Å². The molecular weight excluding hydrogens is 240 g/mol. The van der Waals surface area contributed by atoms with Gasteiger partial charge >= 0.3 is 0 Å². The van der Waals surface area contributed by atoms with Crippen LogP contribution in [0.3, 0.4) is 0 Å². The van der Waals surface area contributed by atoms with Gasteiger partial charge in [0.25, 0.3) is 0 Å². The summed E-state index contributed by atoms with van der Waals surface area (Å²) in [6, 6.07) is 8.63. The highest BCUT2D eigenvalue weighted by molar-refractivity contribution is 7.07. The molecule has 1 aliphatic rings. The Balaban J connectivity index is 1.82. The summed E-state index contributed by atoms with van der Waals surface area (Å²) in [7, 11) is 0. The van der Waals surface area contributed by atoms with Crippen LogP contribution in [0.2, 0.25) is 0 Å². The molecule has 94 valence electrons. The highest BCUT2D eigenvalue weighted by Gasteiger charge is 2.36. The lowest BCUT2D eigenvalue weighted by Gasteiger charge is -2.24. The Morgan fingerprint density at radius 1 is 1.33 bits per heavy atom. The molecular formula is C16H18OS. The SMILES string of the molecule is Cc1ccc2c(c1)C(O)(CCc1ccsc1)CC2. The van der Waals surface area contributed by atoms with Crippen LogP contribution in [0.25, 0.3) is 0 Å². The van der Waals surface area contributed by atoms with E-state index >= 15 is 0 Å². The molecule has 1 nitrogen and oxygen atoms in total. The van der Waals surface area contributed by atoms with Crippen LogP contribution in [0.4, 0.5) is 0 Å². The maximum absolute atomic E-state index is 10.9. The number of benzene rings is 1. The summed E-state index contributed by atoms with van der Waals surface area (Å²) in [6.07, 6.45) is 3.68. The van der Waals surface area contributed by atoms with Crippen molar-refractivity contribution in [2.45, 2.75) is 38.2 Å². The number of rotatable bonds is 3. The zero-order chi connectivity index (χ0) is 12.6. The first-order valence-corrected chi connectivity index (χ1v) is 7.45. The van der Waals surface area contributed by atoms with Gasteiger partial charge in [-0.05, 0) is 66.1 Å². The standard InChI is InChI=1S/C16H18OS/c1-12-2-3-14-5-8-16(17,15(14)10-12)7-4-13-6-9-18-11-13/h2-3,6,9-11,17H,4-5,7-8H2,1H3. The van der Waals surface area contributed by atoms with Crippen molar-refractivity contribution in [1.82, 2.24) is 0 Å². The summed E-state index contributed by atoms with van der Waals surface area (Å²) in [6.45, 7) is 2.10. The fraction of sp³-hybridized carbons (Fsp3) is 0.375. The lowest BCUT2D eigenvalue weighted by molar-refractivity contribution is 0.0297. The molecule has 1 aromatic heterocycles. The number of hydrogen-bond donors (Lipinski definition) is 1. The molecule has 0 saturated heterocycles. The molecule has 1 N–H and O–H groups in total. The second-order valence-corrected chi connectivity index (χ2v) is 6.10. The molecule has 1 unspecified atom stereocenters. The van der Waals surface area contributed by atoms with Crippen molar-refractivity contribution in [3.8, 4) is 0 Å². The van der Waals surface area contributed by atoms with Crippen LogP contribution < -0.4 is 0 Å². The minimum atomic E-state index is -0.608. The van der Waals surface area contributed by atoms with Gasteiger partial charge in [-0.15, -0.1) is 0 Å². The van der Waals surface area contributed by atoms with E-state index in [4.69, 9.17) is 0 Å². The largest absolute Gasteiger partial charge is 0.385 e. The van der Waals surface area contributed by atoms with Crippen LogP contribution in [-0.2, 0) is 18.4 Å². The van der Waals surface area contributed by atoms with Gasteiger partial charge in [0, 0.05) is 0 Å². The van der Waals surface area contributed by atoms with Gasteiger partial charge in [-0.25, -0.2) is 0 Å². The van der Waals surface area contributed by atoms with E-state index in [1.807, 2.05) is 0 Å². The third-order valence-electron chi connectivity index (χ3n) is 3.98. The van der Waals surface area contributed by atoms with Crippen LogP contribution in [-0.4, -0.2) is 5.11 Å². The van der Waals surface area contributed by atoms with E-state index in [0.717, 1.165) is 31.2 Å². The van der Waals surface area contributed by atoms with Crippen molar-refractivity contribution < 1.29 is 5.11 Å². The lowest BCUT2D eigenvalue weighted by atomic mass is 9.89. The molecule has 18 heavy (non-hydrogen) atoms. The molecule has 0 saturated carbocycles. The summed E-state index contributed by atoms with van der Waals surface area (Å²) >= 11 is 1.73. The maximum atomic E-state index is 10.9. The zero-order valence-electron chi connectivity index (χ0n) is 10.6. The van der Waals surface area contributed by atoms with Gasteiger partial charge in [0.15, 0.2) is 0 Å². The molecule has 1 aliphatic carbocycles. The van der Waals surface area contributed by atoms with E-state index < -0.39 is 5.60 Å². The van der Waals surface area contributed by atoms with Gasteiger partial charge < -0.3 is 5.11 Å². The fourth-order valence-electron chi connectivity index (χ4n) is 2.86. The summed E-state index contributed by atoms with van der Waals surface area (Å²) < 4.78 is 0. The number of thiophene rings is 1. The van der Waals surface area contributed by atoms with Gasteiger partial charge in [-0.2, -0.15) is 11.3 Å². The molecule has 0 aliphatic heterocycles. The van der Waals surface area contributed by atoms with E-state index in [9.17, 15) is 5.11 Å². The maximum Gasteiger partial charge on any atom is 0.0905 e. The summed E-state index contributed by atoms with van der Waals surface area (Å²) in [5.41, 5.74) is 4.47. The molecule has 2 aromatic rings. The van der Waals surface area contributed by atoms with Crippen LogP contribution in [0.1, 0.15) is 35.1 Å². The van der Waals surface area contributed by atoms with Crippen molar-refractivity contribution in [2.75, 3.05) is 0 Å². The Labute approximate surface area is 112 Å². The summed E-state index contributed by atoms with van der Waals surface area (Å²) in [4.78, 5) is 0. The molecule has 0 amide bonds. The minimum Gasteiger partial charge on any atom is -0.385 e. The molecule has 2 heteroatoms. The first-order chi connectivity index (χ1) is 8.67. The average molecular weight is 258 g/mol. The number of aliphatic hydroxyl groups is 1. The first-order valence-electron chi connectivity index (χ1n) is 6.51. The number of fused-ring (bicyclic) bond motifs is 1. The van der Waals surface area contributed by atoms with Crippen molar-refractivity contribution in [2.24, 2.45) is 0 Å². The minimum absolute atomic E-state index is 0.608. The monoisotopic (exact) mass is 258 g/mol. The van der Waals surface area contributed by atoms with Gasteiger partial charge in [-0.1, -0.05) is 23.8 Å². The predicted molar refractivity (Wildman–Crippen MR) is 76.0 cm³/mol. The van der Waals surface area contributed by atoms with Gasteiger partial charge in [0.05, 0.1) is 5.60 Å². The fourth-order valence-corrected chi connectivity index (χ4v) is 3.57. The second-order valence-electron chi connectivity index (χ2n) is 5.32.